The maximum atomic E-state index is 12.0. The summed E-state index contributed by atoms with van der Waals surface area (Å²) in [6.07, 6.45) is 8.63. The van der Waals surface area contributed by atoms with Gasteiger partial charge in [-0.3, -0.25) is 4.79 Å². The molecule has 53 heavy (non-hydrogen) atoms. The number of hydrogen-bond donors (Lipinski definition) is 3. The Morgan fingerprint density at radius 1 is 0.472 bits per heavy atom. The molecule has 7 aromatic rings. The van der Waals surface area contributed by atoms with Gasteiger partial charge in [0.25, 0.3) is 0 Å². The highest BCUT2D eigenvalue weighted by Crippen LogP contribution is 2.39. The number of aromatic nitrogens is 4. The van der Waals surface area contributed by atoms with Crippen LogP contribution in [0.1, 0.15) is 34.8 Å². The first kappa shape index (κ1) is 31.9. The summed E-state index contributed by atoms with van der Waals surface area (Å²) in [5.74, 6) is -0.849. The largest absolute Gasteiger partial charge is 0.481 e. The smallest absolute Gasteiger partial charge is 0.303 e. The van der Waals surface area contributed by atoms with Crippen molar-refractivity contribution in [1.82, 2.24) is 19.9 Å². The quantitative estimate of drug-likeness (QED) is 0.155. The fourth-order valence-corrected chi connectivity index (χ4v) is 7.43. The van der Waals surface area contributed by atoms with Crippen LogP contribution >= 0.6 is 0 Å². The molecule has 0 radical (unpaired) electrons. The Hall–Kier alpha value is -7.05. The van der Waals surface area contributed by atoms with E-state index in [-0.39, 0.29) is 6.42 Å². The Bertz CT molecular complexity index is 2730. The van der Waals surface area contributed by atoms with E-state index >= 15 is 0 Å². The predicted octanol–water partition coefficient (Wildman–Crippen LogP) is 11.3. The van der Waals surface area contributed by atoms with Crippen LogP contribution in [0, 0.1) is 0 Å². The average molecular weight is 687 g/mol. The molecule has 2 aliphatic heterocycles. The Balaban J connectivity index is 1.51. The molecule has 0 saturated carbocycles. The van der Waals surface area contributed by atoms with E-state index in [2.05, 4.69) is 101 Å². The van der Waals surface area contributed by atoms with Crippen molar-refractivity contribution in [3.63, 3.8) is 0 Å². The van der Waals surface area contributed by atoms with Gasteiger partial charge in [-0.15, -0.1) is 0 Å². The lowest BCUT2D eigenvalue weighted by molar-refractivity contribution is -0.136. The van der Waals surface area contributed by atoms with Gasteiger partial charge in [-0.1, -0.05) is 121 Å². The standard InChI is InChI=1S/C47H34N4O2/c52-42(53)28-21-34-29-41-45(32-17-9-3-10-18-32)39-25-24-37(49-39)43(30-13-5-1-6-14-30)35-22-23-36(48-35)44(31-15-7-2-8-16-31)38-26-27-40(50-38)46(47(34)51-41)33-19-11-4-12-20-33/h1-20,22-27,29,48,51H,21,28H2,(H,52,53). The van der Waals surface area contributed by atoms with Crippen molar-refractivity contribution in [2.45, 2.75) is 12.8 Å². The molecule has 0 amide bonds. The van der Waals surface area contributed by atoms with Gasteiger partial charge in [-0.25, -0.2) is 9.97 Å². The lowest BCUT2D eigenvalue weighted by Gasteiger charge is -2.07. The molecule has 2 aliphatic rings. The number of rotatable bonds is 7. The van der Waals surface area contributed by atoms with E-state index in [9.17, 15) is 9.90 Å². The van der Waals surface area contributed by atoms with Crippen molar-refractivity contribution in [2.24, 2.45) is 0 Å². The van der Waals surface area contributed by atoms with Crippen LogP contribution in [0.15, 0.2) is 140 Å². The van der Waals surface area contributed by atoms with E-state index in [0.29, 0.717) is 6.42 Å². The van der Waals surface area contributed by atoms with Crippen molar-refractivity contribution in [3.05, 3.63) is 168 Å². The molecule has 8 bridgehead atoms. The highest BCUT2D eigenvalue weighted by atomic mass is 16.4. The summed E-state index contributed by atoms with van der Waals surface area (Å²) in [7, 11) is 0. The summed E-state index contributed by atoms with van der Waals surface area (Å²) in [6.45, 7) is 0. The van der Waals surface area contributed by atoms with E-state index in [4.69, 9.17) is 9.97 Å². The number of nitrogens with zero attached hydrogens (tertiary/aromatic N) is 2. The minimum absolute atomic E-state index is 0.0121. The average Bonchev–Trinajstić information content (AvgIpc) is 4.03. The fraction of sp³-hybridized carbons (Fsp3) is 0.0426. The third kappa shape index (κ3) is 6.06. The Kier molecular flexibility index (Phi) is 8.18. The molecule has 6 heteroatoms. The topological polar surface area (TPSA) is 94.7 Å². The number of carbonyl (C=O) groups is 1. The molecule has 9 rings (SSSR count). The summed E-state index contributed by atoms with van der Waals surface area (Å²) in [6, 6.07) is 47.5. The second kappa shape index (κ2) is 13.6. The molecule has 0 atom stereocenters. The van der Waals surface area contributed by atoms with Gasteiger partial charge in [0.05, 0.1) is 28.3 Å². The van der Waals surface area contributed by atoms with E-state index in [1.54, 1.807) is 0 Å². The minimum Gasteiger partial charge on any atom is -0.481 e. The summed E-state index contributed by atoms with van der Waals surface area (Å²) in [5.41, 5.74) is 15.6. The van der Waals surface area contributed by atoms with Gasteiger partial charge in [0.15, 0.2) is 0 Å². The van der Waals surface area contributed by atoms with Gasteiger partial charge < -0.3 is 15.1 Å². The molecule has 3 aromatic heterocycles. The second-order valence-corrected chi connectivity index (χ2v) is 13.2. The van der Waals surface area contributed by atoms with Gasteiger partial charge in [0.1, 0.15) is 0 Å². The molecule has 6 nitrogen and oxygen atoms in total. The molecule has 5 heterocycles. The fourth-order valence-electron chi connectivity index (χ4n) is 7.43. The number of benzene rings is 4. The van der Waals surface area contributed by atoms with Crippen LogP contribution in [-0.4, -0.2) is 31.0 Å². The number of H-pyrrole nitrogens is 2. The number of aryl methyl sites for hydroxylation is 1. The molecule has 0 spiro atoms. The SMILES string of the molecule is O=C(O)CCc1cc2[nH]c1c(-c1ccccc1)c1nc(c(-c3ccccc3)c3ccc([nH]3)c(-c3ccccc3)c3nc(c2-c2ccccc2)C=C3)C=C1. The maximum Gasteiger partial charge on any atom is 0.303 e. The van der Waals surface area contributed by atoms with Crippen molar-refractivity contribution in [1.29, 1.82) is 0 Å². The number of carboxylic acids is 1. The molecule has 4 aromatic carbocycles. The van der Waals surface area contributed by atoms with Crippen molar-refractivity contribution in [2.75, 3.05) is 0 Å². The van der Waals surface area contributed by atoms with Gasteiger partial charge in [0, 0.05) is 45.2 Å². The highest BCUT2D eigenvalue weighted by molar-refractivity contribution is 6.00. The number of carboxylic acid groups (broad SMARTS) is 1. The Labute approximate surface area is 306 Å². The molecule has 0 aliphatic carbocycles. The number of nitrogens with one attached hydrogen (secondary N) is 2. The Morgan fingerprint density at radius 2 is 0.849 bits per heavy atom. The van der Waals surface area contributed by atoms with E-state index in [0.717, 1.165) is 94.9 Å². The van der Waals surface area contributed by atoms with Crippen molar-refractivity contribution < 1.29 is 9.90 Å². The highest BCUT2D eigenvalue weighted by Gasteiger charge is 2.20. The number of aliphatic carboxylic acids is 1. The van der Waals surface area contributed by atoms with E-state index in [1.165, 1.54) is 0 Å². The first-order valence-electron chi connectivity index (χ1n) is 17.7. The summed E-state index contributed by atoms with van der Waals surface area (Å²) in [4.78, 5) is 30.3. The van der Waals surface area contributed by atoms with Crippen molar-refractivity contribution >= 4 is 52.3 Å². The zero-order chi connectivity index (χ0) is 35.7. The maximum absolute atomic E-state index is 12.0. The van der Waals surface area contributed by atoms with E-state index in [1.807, 2.05) is 72.8 Å². The summed E-state index contributed by atoms with van der Waals surface area (Å²) >= 11 is 0. The van der Waals surface area contributed by atoms with Crippen LogP contribution in [0.4, 0.5) is 0 Å². The van der Waals surface area contributed by atoms with Crippen LogP contribution in [0.3, 0.4) is 0 Å². The zero-order valence-corrected chi connectivity index (χ0v) is 28.8. The number of fused-ring (bicyclic) bond motifs is 8. The molecule has 3 N–H and O–H groups in total. The number of aromatic amines is 2. The zero-order valence-electron chi connectivity index (χ0n) is 28.8. The third-order valence-corrected chi connectivity index (χ3v) is 9.81. The van der Waals surface area contributed by atoms with Crippen LogP contribution in [0.5, 0.6) is 0 Å². The molecule has 0 saturated heterocycles. The van der Waals surface area contributed by atoms with Crippen LogP contribution in [0.25, 0.3) is 90.9 Å². The van der Waals surface area contributed by atoms with Gasteiger partial charge in [0.2, 0.25) is 0 Å². The lowest BCUT2D eigenvalue weighted by Crippen LogP contribution is -1.97. The van der Waals surface area contributed by atoms with Crippen LogP contribution in [-0.2, 0) is 11.2 Å². The van der Waals surface area contributed by atoms with Gasteiger partial charge in [-0.05, 0) is 76.7 Å². The molecular weight excluding hydrogens is 653 g/mol. The van der Waals surface area contributed by atoms with E-state index < -0.39 is 5.97 Å². The van der Waals surface area contributed by atoms with Crippen LogP contribution in [0.2, 0.25) is 0 Å². The molecular formula is C47H34N4O2. The van der Waals surface area contributed by atoms with Gasteiger partial charge >= 0.3 is 5.97 Å². The van der Waals surface area contributed by atoms with Crippen LogP contribution < -0.4 is 0 Å². The first-order valence-corrected chi connectivity index (χ1v) is 17.7. The Morgan fingerprint density at radius 3 is 1.26 bits per heavy atom. The van der Waals surface area contributed by atoms with Gasteiger partial charge in [-0.2, -0.15) is 0 Å². The molecule has 0 fully saturated rings. The monoisotopic (exact) mass is 686 g/mol. The third-order valence-electron chi connectivity index (χ3n) is 9.81. The van der Waals surface area contributed by atoms with Crippen molar-refractivity contribution in [3.8, 4) is 44.5 Å². The molecule has 254 valence electrons. The summed E-state index contributed by atoms with van der Waals surface area (Å²) < 4.78 is 0. The minimum atomic E-state index is -0.849. The lowest BCUT2D eigenvalue weighted by atomic mass is 10.00. The predicted molar refractivity (Wildman–Crippen MR) is 217 cm³/mol. The normalized spacial score (nSPS) is 11.9. The summed E-state index contributed by atoms with van der Waals surface area (Å²) in [5, 5.41) is 9.85. The molecule has 0 unspecified atom stereocenters. The first-order chi connectivity index (χ1) is 26.1. The number of hydrogen-bond acceptors (Lipinski definition) is 3. The second-order valence-electron chi connectivity index (χ2n) is 13.2.